The van der Waals surface area contributed by atoms with E-state index in [0.717, 1.165) is 5.56 Å². The van der Waals surface area contributed by atoms with Gasteiger partial charge in [0.1, 0.15) is 0 Å². The zero-order valence-electron chi connectivity index (χ0n) is 8.87. The third-order valence-electron chi connectivity index (χ3n) is 2.07. The lowest BCUT2D eigenvalue weighted by molar-refractivity contribution is -0.00000403. The van der Waals surface area contributed by atoms with Crippen LogP contribution in [0, 0.1) is 0 Å². The smallest absolute Gasteiger partial charge is 1.00 e. The molecule has 74 valence electrons. The number of likely N-dealkylation sites (N-methyl/N-ethyl adjacent to an activating group) is 1. The van der Waals surface area contributed by atoms with Crippen molar-refractivity contribution in [1.29, 1.82) is 0 Å². The van der Waals surface area contributed by atoms with Gasteiger partial charge < -0.3 is 22.8 Å². The molecule has 0 aliphatic rings. The Morgan fingerprint density at radius 1 is 1.31 bits per heavy atom. The van der Waals surface area contributed by atoms with Crippen LogP contribution in [-0.4, -0.2) is 18.2 Å². The Hall–Kier alpha value is -0.570. The first-order chi connectivity index (χ1) is 5.75. The van der Waals surface area contributed by atoms with Gasteiger partial charge in [0, 0.05) is 6.04 Å². The highest BCUT2D eigenvalue weighted by molar-refractivity contribution is 5.18. The number of hydrogen-bond acceptors (Lipinski definition) is 2. The maximum atomic E-state index is 9.73. The zero-order chi connectivity index (χ0) is 8.97. The largest absolute Gasteiger partial charge is 1.00 e. The fraction of sp³-hybridized carbons (Fsp3) is 0.400. The van der Waals surface area contributed by atoms with Crippen molar-refractivity contribution >= 4 is 0 Å². The first kappa shape index (κ1) is 12.4. The number of hydrogen-bond donors (Lipinski definition) is 2. The molecular weight excluding hydrogens is 186 g/mol. The van der Waals surface area contributed by atoms with Gasteiger partial charge in [0.15, 0.2) is 0 Å². The van der Waals surface area contributed by atoms with E-state index in [1.54, 1.807) is 0 Å². The third-order valence-corrected chi connectivity index (χ3v) is 2.07. The van der Waals surface area contributed by atoms with Crippen molar-refractivity contribution in [2.24, 2.45) is 0 Å². The first-order valence-electron chi connectivity index (χ1n) is 4.16. The summed E-state index contributed by atoms with van der Waals surface area (Å²) in [7, 11) is 1.84. The average molecular weight is 202 g/mol. The summed E-state index contributed by atoms with van der Waals surface area (Å²) < 4.78 is 0. The molecule has 0 aliphatic carbocycles. The van der Waals surface area contributed by atoms with Crippen LogP contribution in [0.4, 0.5) is 0 Å². The number of nitrogens with one attached hydrogen (secondary N) is 1. The summed E-state index contributed by atoms with van der Waals surface area (Å²) in [6.07, 6.45) is -0.420. The lowest BCUT2D eigenvalue weighted by atomic mass is 10.0. The van der Waals surface area contributed by atoms with Crippen LogP contribution in [-0.2, 0) is 0 Å². The number of aliphatic hydroxyl groups excluding tert-OH is 1. The van der Waals surface area contributed by atoms with Gasteiger partial charge in [-0.3, -0.25) is 0 Å². The predicted molar refractivity (Wildman–Crippen MR) is 51.0 cm³/mol. The Kier molecular flexibility index (Phi) is 5.71. The van der Waals surface area contributed by atoms with Gasteiger partial charge in [0.05, 0.1) is 6.10 Å². The zero-order valence-corrected chi connectivity index (χ0v) is 8.62. The highest BCUT2D eigenvalue weighted by atomic mass is 35.5. The van der Waals surface area contributed by atoms with Crippen LogP contribution in [0.5, 0.6) is 0 Å². The molecule has 3 heteroatoms. The summed E-state index contributed by atoms with van der Waals surface area (Å²) >= 11 is 0. The standard InChI is InChI=1S/C10H15NO.ClH/c1-8(11-2)10(12)9-6-4-3-5-7-9;/h3-8,10-12H,1-2H3;1H/t8-,10-;/m0./s1. The van der Waals surface area contributed by atoms with Crippen molar-refractivity contribution in [2.75, 3.05) is 7.05 Å². The molecule has 0 aromatic heterocycles. The second-order valence-corrected chi connectivity index (χ2v) is 2.93. The lowest BCUT2D eigenvalue weighted by Gasteiger charge is -2.17. The Morgan fingerprint density at radius 2 is 1.85 bits per heavy atom. The number of rotatable bonds is 3. The summed E-state index contributed by atoms with van der Waals surface area (Å²) in [4.78, 5) is 0. The Labute approximate surface area is 86.9 Å². The summed E-state index contributed by atoms with van der Waals surface area (Å²) in [5.74, 6) is 0. The highest BCUT2D eigenvalue weighted by Crippen LogP contribution is 2.15. The van der Waals surface area contributed by atoms with Crippen LogP contribution in [0.25, 0.3) is 0 Å². The molecule has 0 bridgehead atoms. The number of halogens is 1. The monoisotopic (exact) mass is 201 g/mol. The van der Waals surface area contributed by atoms with Crippen LogP contribution in [0.1, 0.15) is 20.0 Å². The lowest BCUT2D eigenvalue weighted by Crippen LogP contribution is -3.00. The molecule has 0 heterocycles. The minimum atomic E-state index is -0.420. The van der Waals surface area contributed by atoms with Gasteiger partial charge in [-0.1, -0.05) is 30.3 Å². The molecule has 1 aromatic rings. The molecule has 2 atom stereocenters. The molecule has 0 spiro atoms. The van der Waals surface area contributed by atoms with Gasteiger partial charge in [-0.25, -0.2) is 0 Å². The van der Waals surface area contributed by atoms with Crippen LogP contribution >= 0.6 is 0 Å². The average Bonchev–Trinajstić information content (AvgIpc) is 2.17. The minimum absolute atomic E-state index is 0. The summed E-state index contributed by atoms with van der Waals surface area (Å²) in [6.45, 7) is 1.96. The summed E-state index contributed by atoms with van der Waals surface area (Å²) in [6, 6.07) is 9.76. The highest BCUT2D eigenvalue weighted by Gasteiger charge is 2.12. The normalized spacial score (nSPS) is 14.4. The predicted octanol–water partition coefficient (Wildman–Crippen LogP) is -1.56. The molecule has 0 saturated carbocycles. The van der Waals surface area contributed by atoms with Crippen LogP contribution in [0.2, 0.25) is 0 Å². The van der Waals surface area contributed by atoms with E-state index in [1.807, 2.05) is 44.3 Å². The Balaban J connectivity index is 0. The van der Waals surface area contributed by atoms with Crippen molar-refractivity contribution in [3.8, 4) is 0 Å². The number of aliphatic hydroxyl groups is 1. The fourth-order valence-electron chi connectivity index (χ4n) is 1.10. The third kappa shape index (κ3) is 3.35. The maximum Gasteiger partial charge on any atom is 1.00 e. The minimum Gasteiger partial charge on any atom is -1.00 e. The van der Waals surface area contributed by atoms with Crippen molar-refractivity contribution < 1.29 is 18.9 Å². The van der Waals surface area contributed by atoms with Gasteiger partial charge in [-0.15, -0.1) is 0 Å². The summed E-state index contributed by atoms with van der Waals surface area (Å²) in [5, 5.41) is 12.7. The van der Waals surface area contributed by atoms with Gasteiger partial charge >= 0.3 is 1.43 Å². The van der Waals surface area contributed by atoms with Crippen molar-refractivity contribution in [2.45, 2.75) is 19.1 Å². The second kappa shape index (κ2) is 5.97. The van der Waals surface area contributed by atoms with Crippen molar-refractivity contribution in [3.05, 3.63) is 35.9 Å². The van der Waals surface area contributed by atoms with Crippen LogP contribution in [0.3, 0.4) is 0 Å². The molecule has 13 heavy (non-hydrogen) atoms. The molecule has 0 radical (unpaired) electrons. The van der Waals surface area contributed by atoms with Gasteiger partial charge in [0.25, 0.3) is 0 Å². The number of benzene rings is 1. The van der Waals surface area contributed by atoms with E-state index in [2.05, 4.69) is 5.32 Å². The van der Waals surface area contributed by atoms with Gasteiger partial charge in [-0.2, -0.15) is 0 Å². The topological polar surface area (TPSA) is 32.3 Å². The van der Waals surface area contributed by atoms with E-state index in [0.29, 0.717) is 0 Å². The van der Waals surface area contributed by atoms with Crippen molar-refractivity contribution in [3.63, 3.8) is 0 Å². The Morgan fingerprint density at radius 3 is 2.31 bits per heavy atom. The van der Waals surface area contributed by atoms with Gasteiger partial charge in [0.2, 0.25) is 0 Å². The quantitative estimate of drug-likeness (QED) is 0.621. The Bertz CT molecular complexity index is 233. The molecule has 0 aliphatic heterocycles. The second-order valence-electron chi connectivity index (χ2n) is 2.93. The maximum absolute atomic E-state index is 9.73. The van der Waals surface area contributed by atoms with E-state index in [4.69, 9.17) is 0 Å². The molecular formula is C10H16ClNO. The first-order valence-corrected chi connectivity index (χ1v) is 4.16. The fourth-order valence-corrected chi connectivity index (χ4v) is 1.10. The van der Waals surface area contributed by atoms with E-state index < -0.39 is 6.10 Å². The molecule has 0 amide bonds. The summed E-state index contributed by atoms with van der Waals surface area (Å²) in [5.41, 5.74) is 0.958. The van der Waals surface area contributed by atoms with Crippen molar-refractivity contribution in [1.82, 2.24) is 5.32 Å². The van der Waals surface area contributed by atoms with E-state index in [9.17, 15) is 5.11 Å². The molecule has 1 rings (SSSR count). The van der Waals surface area contributed by atoms with Gasteiger partial charge in [-0.05, 0) is 19.5 Å². The molecule has 0 fully saturated rings. The molecule has 2 nitrogen and oxygen atoms in total. The molecule has 0 saturated heterocycles. The van der Waals surface area contributed by atoms with Crippen LogP contribution < -0.4 is 17.7 Å². The van der Waals surface area contributed by atoms with E-state index >= 15 is 0 Å². The van der Waals surface area contributed by atoms with E-state index in [-0.39, 0.29) is 19.9 Å². The van der Waals surface area contributed by atoms with Crippen LogP contribution in [0.15, 0.2) is 30.3 Å². The molecule has 0 unspecified atom stereocenters. The van der Waals surface area contributed by atoms with E-state index in [1.165, 1.54) is 0 Å². The SMILES string of the molecule is CN[C@@H](C)[C@H](O)c1ccccc1.[Cl-].[H+]. The molecule has 1 aromatic carbocycles. The molecule has 2 N–H and O–H groups in total.